The molecular weight excluding hydrogens is 474 g/mol. The minimum atomic E-state index is -0.932. The monoisotopic (exact) mass is 500 g/mol. The van der Waals surface area contributed by atoms with E-state index in [1.54, 1.807) is 0 Å². The average Bonchev–Trinajstić information content (AvgIpc) is 3.71. The molecule has 2 radical (unpaired) electrons. The first-order chi connectivity index (χ1) is 18.6. The highest BCUT2D eigenvalue weighted by atomic mass is 16.7. The van der Waals surface area contributed by atoms with Gasteiger partial charge in [0.1, 0.15) is 30.6 Å². The number of ether oxygens (including phenoxy) is 3. The van der Waals surface area contributed by atoms with Gasteiger partial charge in [-0.1, -0.05) is 66.7 Å². The Balaban J connectivity index is 1.39. The van der Waals surface area contributed by atoms with Gasteiger partial charge in [-0.2, -0.15) is 0 Å². The summed E-state index contributed by atoms with van der Waals surface area (Å²) in [5.41, 5.74) is 6.37. The normalized spacial score (nSPS) is 25.8. The third-order valence-electron chi connectivity index (χ3n) is 8.94. The molecule has 5 nitrogen and oxygen atoms in total. The Hall–Kier alpha value is -4.09. The third kappa shape index (κ3) is 2.72. The van der Waals surface area contributed by atoms with E-state index in [9.17, 15) is 0 Å². The predicted molar refractivity (Wildman–Crippen MR) is 143 cm³/mol. The molecule has 4 aromatic rings. The van der Waals surface area contributed by atoms with Crippen LogP contribution in [0.1, 0.15) is 45.8 Å². The summed E-state index contributed by atoms with van der Waals surface area (Å²) < 4.78 is 17.9. The molecule has 3 aliphatic heterocycles. The number of carbonyl (C=O) groups is 1. The summed E-state index contributed by atoms with van der Waals surface area (Å²) in [6, 6.07) is 28.7. The molecule has 1 aliphatic carbocycles. The van der Waals surface area contributed by atoms with Crippen LogP contribution >= 0.6 is 0 Å². The average molecular weight is 501 g/mol. The van der Waals surface area contributed by atoms with Crippen molar-refractivity contribution in [3.05, 3.63) is 125 Å². The number of fused-ring (bicyclic) bond motifs is 6. The van der Waals surface area contributed by atoms with E-state index in [4.69, 9.17) is 21.1 Å². The lowest BCUT2D eigenvalue weighted by molar-refractivity contribution is -0.136. The number of rotatable bonds is 3. The Kier molecular flexibility index (Phi) is 4.45. The van der Waals surface area contributed by atoms with E-state index in [0.29, 0.717) is 29.4 Å². The highest BCUT2D eigenvalue weighted by molar-refractivity contribution is 6.08. The molecule has 1 amide bonds. The van der Waals surface area contributed by atoms with Crippen molar-refractivity contribution < 1.29 is 19.0 Å². The summed E-state index contributed by atoms with van der Waals surface area (Å²) in [7, 11) is 0. The summed E-state index contributed by atoms with van der Waals surface area (Å²) in [5, 5.41) is 0. The fourth-order valence-electron chi connectivity index (χ4n) is 7.27. The fraction of sp³-hybridized carbons (Fsp3) is 0.212. The van der Waals surface area contributed by atoms with Crippen LogP contribution in [0.2, 0.25) is 0 Å². The van der Waals surface area contributed by atoms with Crippen LogP contribution in [-0.2, 0) is 23.2 Å². The number of nitrogens with zero attached hydrogens (tertiary/aromatic N) is 1. The quantitative estimate of drug-likeness (QED) is 0.329. The standard InChI is InChI=1S/C33H26NO4/c1-21-10-12-22(13-11-21)18-34(27-15-14-23-6-2-3-7-24(23)27)28-9-5-4-8-25(28)33(32(34)35)19-36-29-17-31-30(16-26(29)33)37-20-38-31/h1-13,16-17,27H,14-15,18-20H2/q+1. The van der Waals surface area contributed by atoms with Crippen LogP contribution in [0.5, 0.6) is 17.2 Å². The number of benzene rings is 4. The van der Waals surface area contributed by atoms with Gasteiger partial charge in [0.2, 0.25) is 6.79 Å². The first kappa shape index (κ1) is 21.9. The van der Waals surface area contributed by atoms with E-state index >= 15 is 4.79 Å². The summed E-state index contributed by atoms with van der Waals surface area (Å²) in [6.07, 6.45) is 1.86. The van der Waals surface area contributed by atoms with Crippen molar-refractivity contribution in [3.63, 3.8) is 0 Å². The highest BCUT2D eigenvalue weighted by Gasteiger charge is 2.69. The Bertz CT molecular complexity index is 1630. The molecule has 38 heavy (non-hydrogen) atoms. The van der Waals surface area contributed by atoms with Crippen molar-refractivity contribution in [2.75, 3.05) is 13.4 Å². The molecule has 0 aromatic heterocycles. The van der Waals surface area contributed by atoms with Crippen molar-refractivity contribution in [1.29, 1.82) is 0 Å². The smallest absolute Gasteiger partial charge is 0.338 e. The molecule has 3 unspecified atom stereocenters. The van der Waals surface area contributed by atoms with E-state index < -0.39 is 5.41 Å². The van der Waals surface area contributed by atoms with Crippen LogP contribution in [0.4, 0.5) is 5.69 Å². The van der Waals surface area contributed by atoms with Crippen LogP contribution < -0.4 is 18.7 Å². The van der Waals surface area contributed by atoms with E-state index in [-0.39, 0.29) is 29.8 Å². The SMILES string of the molecule is [CH]c1ccc(C[N+]2(C3CCc4ccccc43)C(=O)C3(COc4cc5c(cc43)OCO5)c3ccccc32)cc1. The number of amides is 1. The maximum Gasteiger partial charge on any atom is 0.338 e. The molecule has 0 saturated carbocycles. The highest BCUT2D eigenvalue weighted by Crippen LogP contribution is 2.61. The number of hydrogen-bond acceptors (Lipinski definition) is 4. The van der Waals surface area contributed by atoms with Crippen molar-refractivity contribution >= 4 is 11.6 Å². The molecule has 4 aromatic carbocycles. The zero-order valence-electron chi connectivity index (χ0n) is 20.9. The summed E-state index contributed by atoms with van der Waals surface area (Å²) in [5.74, 6) is 2.16. The fourth-order valence-corrected chi connectivity index (χ4v) is 7.27. The van der Waals surface area contributed by atoms with Gasteiger partial charge in [-0.25, -0.2) is 9.28 Å². The molecular formula is C33H26NO4+. The van der Waals surface area contributed by atoms with Crippen molar-refractivity contribution in [3.8, 4) is 17.2 Å². The van der Waals surface area contributed by atoms with Gasteiger partial charge in [0.15, 0.2) is 16.9 Å². The Morgan fingerprint density at radius 1 is 0.842 bits per heavy atom. The Morgan fingerprint density at radius 2 is 1.61 bits per heavy atom. The van der Waals surface area contributed by atoms with E-state index in [2.05, 4.69) is 42.5 Å². The topological polar surface area (TPSA) is 44.8 Å². The lowest BCUT2D eigenvalue weighted by Crippen LogP contribution is -2.58. The van der Waals surface area contributed by atoms with E-state index in [1.807, 2.05) is 42.5 Å². The van der Waals surface area contributed by atoms with Gasteiger partial charge in [0, 0.05) is 40.8 Å². The molecule has 186 valence electrons. The van der Waals surface area contributed by atoms with E-state index in [0.717, 1.165) is 35.2 Å². The second kappa shape index (κ2) is 7.71. The van der Waals surface area contributed by atoms with Gasteiger partial charge in [-0.15, -0.1) is 0 Å². The molecule has 3 heterocycles. The molecule has 5 heteroatoms. The first-order valence-electron chi connectivity index (χ1n) is 13.1. The molecule has 3 atom stereocenters. The maximum absolute atomic E-state index is 15.4. The van der Waals surface area contributed by atoms with Gasteiger partial charge < -0.3 is 14.2 Å². The van der Waals surface area contributed by atoms with Crippen LogP contribution in [0.25, 0.3) is 0 Å². The zero-order valence-corrected chi connectivity index (χ0v) is 20.9. The van der Waals surface area contributed by atoms with Crippen LogP contribution in [0.3, 0.4) is 0 Å². The summed E-state index contributed by atoms with van der Waals surface area (Å²) in [4.78, 5) is 15.4. The summed E-state index contributed by atoms with van der Waals surface area (Å²) >= 11 is 0. The number of aryl methyl sites for hydroxylation is 1. The molecule has 0 bridgehead atoms. The van der Waals surface area contributed by atoms with Crippen molar-refractivity contribution in [2.45, 2.75) is 30.8 Å². The van der Waals surface area contributed by atoms with Crippen LogP contribution in [0.15, 0.2) is 84.9 Å². The lowest BCUT2D eigenvalue weighted by atomic mass is 9.77. The number of quaternary nitrogens is 1. The Morgan fingerprint density at radius 3 is 2.47 bits per heavy atom. The maximum atomic E-state index is 15.4. The molecule has 1 spiro atoms. The van der Waals surface area contributed by atoms with Gasteiger partial charge in [0.25, 0.3) is 0 Å². The molecule has 0 saturated heterocycles. The second-order valence-corrected chi connectivity index (χ2v) is 10.7. The van der Waals surface area contributed by atoms with Gasteiger partial charge in [-0.05, 0) is 30.5 Å². The molecule has 0 N–H and O–H groups in total. The summed E-state index contributed by atoms with van der Waals surface area (Å²) in [6.45, 7) is 7.01. The predicted octanol–water partition coefficient (Wildman–Crippen LogP) is 5.89. The number of para-hydroxylation sites is 1. The minimum Gasteiger partial charge on any atom is -0.491 e. The van der Waals surface area contributed by atoms with Crippen molar-refractivity contribution in [1.82, 2.24) is 4.48 Å². The van der Waals surface area contributed by atoms with Gasteiger partial charge >= 0.3 is 5.91 Å². The van der Waals surface area contributed by atoms with Gasteiger partial charge in [-0.3, -0.25) is 0 Å². The zero-order chi connectivity index (χ0) is 25.5. The van der Waals surface area contributed by atoms with E-state index in [1.165, 1.54) is 11.1 Å². The first-order valence-corrected chi connectivity index (χ1v) is 13.1. The van der Waals surface area contributed by atoms with Crippen molar-refractivity contribution in [2.24, 2.45) is 0 Å². The molecule has 4 aliphatic rings. The van der Waals surface area contributed by atoms with Crippen LogP contribution in [-0.4, -0.2) is 19.3 Å². The third-order valence-corrected chi connectivity index (χ3v) is 8.94. The molecule has 0 fully saturated rings. The lowest BCUT2D eigenvalue weighted by Gasteiger charge is -2.39. The minimum absolute atomic E-state index is 0.00478. The number of hydrogen-bond donors (Lipinski definition) is 0. The Labute approximate surface area is 221 Å². The van der Waals surface area contributed by atoms with Crippen LogP contribution in [0, 0.1) is 6.92 Å². The number of carbonyl (C=O) groups excluding carboxylic acids is 1. The van der Waals surface area contributed by atoms with Gasteiger partial charge in [0.05, 0.1) is 0 Å². The second-order valence-electron chi connectivity index (χ2n) is 10.7. The largest absolute Gasteiger partial charge is 0.491 e. The molecule has 8 rings (SSSR count).